The molecule has 1 unspecified atom stereocenters. The van der Waals surface area contributed by atoms with Crippen LogP contribution in [0.3, 0.4) is 0 Å². The molecule has 2 rings (SSSR count). The van der Waals surface area contributed by atoms with E-state index in [1.54, 1.807) is 18.2 Å². The lowest BCUT2D eigenvalue weighted by molar-refractivity contribution is 0.175. The summed E-state index contributed by atoms with van der Waals surface area (Å²) in [5.74, 6) is -1.40. The van der Waals surface area contributed by atoms with Crippen molar-refractivity contribution in [1.29, 1.82) is 0 Å². The molecule has 2 aromatic rings. The summed E-state index contributed by atoms with van der Waals surface area (Å²) in [4.78, 5) is 0. The second-order valence-corrected chi connectivity index (χ2v) is 6.35. The second-order valence-electron chi connectivity index (χ2n) is 4.21. The van der Waals surface area contributed by atoms with Gasteiger partial charge in [-0.1, -0.05) is 27.5 Å². The lowest BCUT2D eigenvalue weighted by Crippen LogP contribution is -2.07. The van der Waals surface area contributed by atoms with E-state index in [4.69, 9.17) is 11.6 Å². The standard InChI is InChI=1S/C14H9Br2ClF2O/c15-10-2-1-7(17)5-8(10)13(20)6-9-12(18)4-3-11(16)14(9)19/h1-5,13,20H,6H2. The molecular formula is C14H9Br2ClF2O. The minimum atomic E-state index is -1.07. The van der Waals surface area contributed by atoms with E-state index in [9.17, 15) is 13.9 Å². The van der Waals surface area contributed by atoms with Crippen LogP contribution in [-0.2, 0) is 6.42 Å². The zero-order valence-corrected chi connectivity index (χ0v) is 13.9. The van der Waals surface area contributed by atoms with Crippen LogP contribution in [0.25, 0.3) is 0 Å². The number of hydrogen-bond acceptors (Lipinski definition) is 1. The van der Waals surface area contributed by atoms with Crippen LogP contribution in [0.1, 0.15) is 17.2 Å². The van der Waals surface area contributed by atoms with Crippen molar-refractivity contribution in [2.24, 2.45) is 0 Å². The van der Waals surface area contributed by atoms with E-state index in [1.807, 2.05) is 0 Å². The zero-order valence-electron chi connectivity index (χ0n) is 10.0. The molecule has 0 aliphatic carbocycles. The maximum atomic E-state index is 13.9. The van der Waals surface area contributed by atoms with Gasteiger partial charge in [-0.3, -0.25) is 0 Å². The van der Waals surface area contributed by atoms with Crippen LogP contribution in [0.4, 0.5) is 8.78 Å². The topological polar surface area (TPSA) is 20.2 Å². The first kappa shape index (κ1) is 15.9. The van der Waals surface area contributed by atoms with Gasteiger partial charge in [-0.15, -0.1) is 0 Å². The van der Waals surface area contributed by atoms with E-state index in [0.29, 0.717) is 15.1 Å². The predicted octanol–water partition coefficient (Wildman–Crippen LogP) is 5.42. The van der Waals surface area contributed by atoms with Gasteiger partial charge in [0.1, 0.15) is 11.6 Å². The molecule has 0 aliphatic rings. The number of hydrogen-bond donors (Lipinski definition) is 1. The monoisotopic (exact) mass is 424 g/mol. The Bertz CT molecular complexity index is 649. The Balaban J connectivity index is 2.35. The average Bonchev–Trinajstić information content (AvgIpc) is 2.41. The SMILES string of the molecule is OC(Cc1c(F)ccc(Br)c1F)c1cc(Cl)ccc1Br. The van der Waals surface area contributed by atoms with Gasteiger partial charge in [0.15, 0.2) is 0 Å². The summed E-state index contributed by atoms with van der Waals surface area (Å²) in [5.41, 5.74) is 0.315. The quantitative estimate of drug-likeness (QED) is 0.650. The van der Waals surface area contributed by atoms with Crippen LogP contribution in [0, 0.1) is 11.6 Å². The fraction of sp³-hybridized carbons (Fsp3) is 0.143. The molecule has 0 aliphatic heterocycles. The molecular weight excluding hydrogens is 417 g/mol. The van der Waals surface area contributed by atoms with E-state index in [0.717, 1.165) is 6.07 Å². The first-order valence-corrected chi connectivity index (χ1v) is 7.62. The van der Waals surface area contributed by atoms with Gasteiger partial charge >= 0.3 is 0 Å². The van der Waals surface area contributed by atoms with Crippen molar-refractivity contribution in [3.05, 3.63) is 67.1 Å². The molecule has 0 heterocycles. The molecule has 0 bridgehead atoms. The number of rotatable bonds is 3. The molecule has 6 heteroatoms. The summed E-state index contributed by atoms with van der Waals surface area (Å²) < 4.78 is 28.3. The Morgan fingerprint density at radius 2 is 1.75 bits per heavy atom. The van der Waals surface area contributed by atoms with Crippen LogP contribution >= 0.6 is 43.5 Å². The summed E-state index contributed by atoms with van der Waals surface area (Å²) in [7, 11) is 0. The van der Waals surface area contributed by atoms with Gasteiger partial charge in [0, 0.05) is 21.5 Å². The number of aliphatic hydroxyl groups excluding tert-OH is 1. The third-order valence-electron chi connectivity index (χ3n) is 2.85. The Morgan fingerprint density at radius 1 is 1.10 bits per heavy atom. The number of halogens is 5. The lowest BCUT2D eigenvalue weighted by Gasteiger charge is -2.15. The second kappa shape index (κ2) is 6.52. The molecule has 1 nitrogen and oxygen atoms in total. The summed E-state index contributed by atoms with van der Waals surface area (Å²) in [5, 5.41) is 10.6. The molecule has 0 saturated heterocycles. The Kier molecular flexibility index (Phi) is 5.18. The van der Waals surface area contributed by atoms with Crippen LogP contribution in [0.5, 0.6) is 0 Å². The maximum absolute atomic E-state index is 13.9. The van der Waals surface area contributed by atoms with E-state index < -0.39 is 17.7 Å². The summed E-state index contributed by atoms with van der Waals surface area (Å²) >= 11 is 12.1. The van der Waals surface area contributed by atoms with Crippen molar-refractivity contribution in [2.45, 2.75) is 12.5 Å². The van der Waals surface area contributed by atoms with Crippen molar-refractivity contribution in [1.82, 2.24) is 0 Å². The van der Waals surface area contributed by atoms with Gasteiger partial charge in [0.25, 0.3) is 0 Å². The van der Waals surface area contributed by atoms with Crippen LogP contribution in [-0.4, -0.2) is 5.11 Å². The third-order valence-corrected chi connectivity index (χ3v) is 4.42. The third kappa shape index (κ3) is 3.39. The maximum Gasteiger partial charge on any atom is 0.143 e. The average molecular weight is 426 g/mol. The van der Waals surface area contributed by atoms with E-state index in [2.05, 4.69) is 31.9 Å². The molecule has 0 spiro atoms. The minimum absolute atomic E-state index is 0.159. The highest BCUT2D eigenvalue weighted by Crippen LogP contribution is 2.31. The molecule has 1 atom stereocenters. The fourth-order valence-electron chi connectivity index (χ4n) is 1.83. The van der Waals surface area contributed by atoms with Gasteiger partial charge in [-0.25, -0.2) is 8.78 Å². The summed E-state index contributed by atoms with van der Waals surface area (Å²) in [6, 6.07) is 7.33. The van der Waals surface area contributed by atoms with Crippen molar-refractivity contribution >= 4 is 43.5 Å². The zero-order chi connectivity index (χ0) is 14.9. The summed E-state index contributed by atoms with van der Waals surface area (Å²) in [6.07, 6.45) is -1.25. The number of aliphatic hydroxyl groups is 1. The smallest absolute Gasteiger partial charge is 0.143 e. The van der Waals surface area contributed by atoms with Crippen molar-refractivity contribution in [3.63, 3.8) is 0 Å². The predicted molar refractivity (Wildman–Crippen MR) is 81.9 cm³/mol. The van der Waals surface area contributed by atoms with Gasteiger partial charge in [0.05, 0.1) is 10.6 Å². The Labute approximate surface area is 136 Å². The molecule has 1 N–H and O–H groups in total. The minimum Gasteiger partial charge on any atom is -0.388 e. The van der Waals surface area contributed by atoms with Gasteiger partial charge in [0.2, 0.25) is 0 Å². The first-order chi connectivity index (χ1) is 9.40. The highest BCUT2D eigenvalue weighted by molar-refractivity contribution is 9.10. The molecule has 0 saturated carbocycles. The summed E-state index contributed by atoms with van der Waals surface area (Å²) in [6.45, 7) is 0. The molecule has 0 amide bonds. The van der Waals surface area contributed by atoms with E-state index in [-0.39, 0.29) is 16.5 Å². The van der Waals surface area contributed by atoms with Gasteiger partial charge in [-0.05, 0) is 51.8 Å². The van der Waals surface area contributed by atoms with Gasteiger partial charge in [-0.2, -0.15) is 0 Å². The van der Waals surface area contributed by atoms with Crippen molar-refractivity contribution < 1.29 is 13.9 Å². The van der Waals surface area contributed by atoms with Crippen molar-refractivity contribution in [3.8, 4) is 0 Å². The number of benzene rings is 2. The molecule has 106 valence electrons. The normalized spacial score (nSPS) is 12.5. The largest absolute Gasteiger partial charge is 0.388 e. The van der Waals surface area contributed by atoms with Gasteiger partial charge < -0.3 is 5.11 Å². The van der Waals surface area contributed by atoms with Crippen molar-refractivity contribution in [2.75, 3.05) is 0 Å². The van der Waals surface area contributed by atoms with E-state index >= 15 is 0 Å². The van der Waals surface area contributed by atoms with Crippen LogP contribution < -0.4 is 0 Å². The molecule has 0 radical (unpaired) electrons. The molecule has 0 fully saturated rings. The molecule has 2 aromatic carbocycles. The fourth-order valence-corrected chi connectivity index (χ4v) is 2.89. The Hall–Kier alpha value is -0.490. The highest BCUT2D eigenvalue weighted by atomic mass is 79.9. The highest BCUT2D eigenvalue weighted by Gasteiger charge is 2.19. The van der Waals surface area contributed by atoms with Crippen LogP contribution in [0.2, 0.25) is 5.02 Å². The molecule has 0 aromatic heterocycles. The van der Waals surface area contributed by atoms with Crippen LogP contribution in [0.15, 0.2) is 39.3 Å². The lowest BCUT2D eigenvalue weighted by atomic mass is 10.0. The van der Waals surface area contributed by atoms with E-state index in [1.165, 1.54) is 6.07 Å². The Morgan fingerprint density at radius 3 is 2.45 bits per heavy atom. The first-order valence-electron chi connectivity index (χ1n) is 5.65. The molecule has 20 heavy (non-hydrogen) atoms.